The number of nitrogens with one attached hydrogen (secondary N) is 1. The number of hydrogen-bond donors (Lipinski definition) is 2. The Morgan fingerprint density at radius 3 is 2.55 bits per heavy atom. The van der Waals surface area contributed by atoms with E-state index < -0.39 is 10.0 Å². The number of benzene rings is 1. The Labute approximate surface area is 127 Å². The van der Waals surface area contributed by atoms with Gasteiger partial charge in [0, 0.05) is 10.5 Å². The van der Waals surface area contributed by atoms with Crippen LogP contribution in [0.2, 0.25) is 0 Å². The largest absolute Gasteiger partial charge is 0.495 e. The van der Waals surface area contributed by atoms with Gasteiger partial charge < -0.3 is 9.84 Å². The first kappa shape index (κ1) is 15.8. The maximum Gasteiger partial charge on any atom is 0.244 e. The highest BCUT2D eigenvalue weighted by molar-refractivity contribution is 9.10. The Morgan fingerprint density at radius 2 is 1.95 bits per heavy atom. The summed E-state index contributed by atoms with van der Waals surface area (Å²) >= 11 is 3.27. The van der Waals surface area contributed by atoms with Crippen molar-refractivity contribution in [2.24, 2.45) is 0 Å². The van der Waals surface area contributed by atoms with Gasteiger partial charge in [0.25, 0.3) is 0 Å². The van der Waals surface area contributed by atoms with Gasteiger partial charge >= 0.3 is 0 Å². The summed E-state index contributed by atoms with van der Waals surface area (Å²) in [5, 5.41) is 9.46. The minimum atomic E-state index is -3.63. The Balaban J connectivity index is 2.20. The quantitative estimate of drug-likeness (QED) is 0.858. The topological polar surface area (TPSA) is 75.6 Å². The van der Waals surface area contributed by atoms with Gasteiger partial charge in [-0.1, -0.05) is 15.9 Å². The lowest BCUT2D eigenvalue weighted by Gasteiger charge is -2.26. The van der Waals surface area contributed by atoms with Crippen LogP contribution in [-0.4, -0.2) is 32.8 Å². The van der Waals surface area contributed by atoms with Crippen LogP contribution < -0.4 is 9.46 Å². The van der Waals surface area contributed by atoms with Gasteiger partial charge in [-0.2, -0.15) is 0 Å². The molecule has 0 radical (unpaired) electrons. The van der Waals surface area contributed by atoms with Crippen LogP contribution in [0.25, 0.3) is 0 Å². The fourth-order valence-electron chi connectivity index (χ4n) is 2.34. The molecule has 0 unspecified atom stereocenters. The van der Waals surface area contributed by atoms with E-state index in [1.807, 2.05) is 0 Å². The first-order chi connectivity index (χ1) is 9.42. The number of halogens is 1. The molecule has 0 amide bonds. The van der Waals surface area contributed by atoms with Crippen molar-refractivity contribution in [1.29, 1.82) is 0 Å². The molecule has 1 saturated carbocycles. The fourth-order valence-corrected chi connectivity index (χ4v) is 4.35. The van der Waals surface area contributed by atoms with Crippen molar-refractivity contribution in [2.45, 2.75) is 42.7 Å². The SMILES string of the molecule is COc1ccc(Br)cc1S(=O)(=O)NC1CCC(O)CC1. The molecule has 112 valence electrons. The maximum atomic E-state index is 12.4. The van der Waals surface area contributed by atoms with Crippen molar-refractivity contribution < 1.29 is 18.3 Å². The molecule has 0 atom stereocenters. The molecular weight excluding hydrogens is 346 g/mol. The number of rotatable bonds is 4. The molecule has 0 aromatic heterocycles. The first-order valence-corrected chi connectivity index (χ1v) is 8.74. The molecule has 1 aromatic rings. The van der Waals surface area contributed by atoms with Crippen LogP contribution >= 0.6 is 15.9 Å². The highest BCUT2D eigenvalue weighted by Gasteiger charge is 2.26. The van der Waals surface area contributed by atoms with E-state index in [4.69, 9.17) is 4.74 Å². The molecular formula is C13H18BrNO4S. The summed E-state index contributed by atoms with van der Waals surface area (Å²) in [4.78, 5) is 0.125. The van der Waals surface area contributed by atoms with Crippen LogP contribution in [0.5, 0.6) is 5.75 Å². The molecule has 5 nitrogen and oxygen atoms in total. The normalized spacial score (nSPS) is 23.6. The lowest BCUT2D eigenvalue weighted by Crippen LogP contribution is -2.38. The molecule has 2 N–H and O–H groups in total. The summed E-state index contributed by atoms with van der Waals surface area (Å²) < 4.78 is 33.4. The lowest BCUT2D eigenvalue weighted by atomic mass is 9.94. The summed E-state index contributed by atoms with van der Waals surface area (Å²) in [5.41, 5.74) is 0. The average Bonchev–Trinajstić information content (AvgIpc) is 2.41. The third-order valence-corrected chi connectivity index (χ3v) is 5.47. The van der Waals surface area contributed by atoms with Gasteiger partial charge in [0.05, 0.1) is 13.2 Å². The van der Waals surface area contributed by atoms with Crippen molar-refractivity contribution in [2.75, 3.05) is 7.11 Å². The molecule has 1 aliphatic carbocycles. The zero-order chi connectivity index (χ0) is 14.8. The highest BCUT2D eigenvalue weighted by atomic mass is 79.9. The molecule has 7 heteroatoms. The second-order valence-electron chi connectivity index (χ2n) is 4.92. The molecule has 0 aliphatic heterocycles. The molecule has 0 heterocycles. The number of aliphatic hydroxyl groups excluding tert-OH is 1. The van der Waals surface area contributed by atoms with Gasteiger partial charge in [0.1, 0.15) is 10.6 Å². The number of hydrogen-bond acceptors (Lipinski definition) is 4. The van der Waals surface area contributed by atoms with Gasteiger partial charge in [-0.25, -0.2) is 13.1 Å². The minimum Gasteiger partial charge on any atom is -0.495 e. The maximum absolute atomic E-state index is 12.4. The van der Waals surface area contributed by atoms with Crippen molar-refractivity contribution in [1.82, 2.24) is 4.72 Å². The number of aliphatic hydroxyl groups is 1. The number of methoxy groups -OCH3 is 1. The molecule has 0 bridgehead atoms. The molecule has 1 aromatic carbocycles. The van der Waals surface area contributed by atoms with Gasteiger partial charge in [-0.05, 0) is 43.9 Å². The second-order valence-corrected chi connectivity index (χ2v) is 7.52. The molecule has 1 fully saturated rings. The van der Waals surface area contributed by atoms with Crippen molar-refractivity contribution in [3.63, 3.8) is 0 Å². The van der Waals surface area contributed by atoms with Crippen molar-refractivity contribution in [3.05, 3.63) is 22.7 Å². The van der Waals surface area contributed by atoms with Crippen LogP contribution in [0, 0.1) is 0 Å². The predicted octanol–water partition coefficient (Wildman–Crippen LogP) is 2.04. The Bertz CT molecular complexity index is 568. The Morgan fingerprint density at radius 1 is 1.30 bits per heavy atom. The van der Waals surface area contributed by atoms with Crippen LogP contribution in [0.15, 0.2) is 27.6 Å². The lowest BCUT2D eigenvalue weighted by molar-refractivity contribution is 0.120. The van der Waals surface area contributed by atoms with E-state index in [-0.39, 0.29) is 17.0 Å². The van der Waals surface area contributed by atoms with Crippen LogP contribution in [0.1, 0.15) is 25.7 Å². The number of sulfonamides is 1. The fraction of sp³-hybridized carbons (Fsp3) is 0.538. The van der Waals surface area contributed by atoms with Gasteiger partial charge in [-0.3, -0.25) is 0 Å². The zero-order valence-corrected chi connectivity index (χ0v) is 13.6. The molecule has 0 spiro atoms. The summed E-state index contributed by atoms with van der Waals surface area (Å²) in [7, 11) is -2.19. The van der Waals surface area contributed by atoms with E-state index in [1.165, 1.54) is 13.2 Å². The second kappa shape index (κ2) is 6.43. The zero-order valence-electron chi connectivity index (χ0n) is 11.2. The average molecular weight is 364 g/mol. The third-order valence-electron chi connectivity index (χ3n) is 3.43. The molecule has 2 rings (SSSR count). The van der Waals surface area contributed by atoms with Crippen molar-refractivity contribution in [3.8, 4) is 5.75 Å². The van der Waals surface area contributed by atoms with Crippen LogP contribution in [0.3, 0.4) is 0 Å². The van der Waals surface area contributed by atoms with E-state index in [9.17, 15) is 13.5 Å². The highest BCUT2D eigenvalue weighted by Crippen LogP contribution is 2.28. The van der Waals surface area contributed by atoms with E-state index in [0.717, 1.165) is 0 Å². The summed E-state index contributed by atoms with van der Waals surface area (Å²) in [6.07, 6.45) is 2.25. The monoisotopic (exact) mass is 363 g/mol. The Kier molecular flexibility index (Phi) is 5.06. The van der Waals surface area contributed by atoms with Crippen LogP contribution in [0.4, 0.5) is 0 Å². The van der Waals surface area contributed by atoms with Gasteiger partial charge in [0.2, 0.25) is 10.0 Å². The van der Waals surface area contributed by atoms with E-state index >= 15 is 0 Å². The first-order valence-electron chi connectivity index (χ1n) is 6.46. The summed E-state index contributed by atoms with van der Waals surface area (Å²) in [5.74, 6) is 0.316. The van der Waals surface area contributed by atoms with E-state index in [2.05, 4.69) is 20.7 Å². The number of ether oxygens (including phenoxy) is 1. The van der Waals surface area contributed by atoms with Gasteiger partial charge in [-0.15, -0.1) is 0 Å². The predicted molar refractivity (Wildman–Crippen MR) is 79.3 cm³/mol. The molecule has 1 aliphatic rings. The Hall–Kier alpha value is -0.630. The summed E-state index contributed by atoms with van der Waals surface area (Å²) in [6.45, 7) is 0. The standard InChI is InChI=1S/C13H18BrNO4S/c1-19-12-7-2-9(14)8-13(12)20(17,18)15-10-3-5-11(16)6-4-10/h2,7-8,10-11,15-16H,3-6H2,1H3. The summed E-state index contributed by atoms with van der Waals surface area (Å²) in [6, 6.07) is 4.74. The van der Waals surface area contributed by atoms with Gasteiger partial charge in [0.15, 0.2) is 0 Å². The van der Waals surface area contributed by atoms with Crippen molar-refractivity contribution >= 4 is 26.0 Å². The van der Waals surface area contributed by atoms with E-state index in [1.54, 1.807) is 12.1 Å². The molecule has 0 saturated heterocycles. The molecule has 20 heavy (non-hydrogen) atoms. The van der Waals surface area contributed by atoms with Crippen LogP contribution in [-0.2, 0) is 10.0 Å². The van der Waals surface area contributed by atoms with E-state index in [0.29, 0.717) is 35.9 Å². The smallest absolute Gasteiger partial charge is 0.244 e. The third kappa shape index (κ3) is 3.72. The minimum absolute atomic E-state index is 0.125.